The summed E-state index contributed by atoms with van der Waals surface area (Å²) in [4.78, 5) is 22.3. The molecule has 0 amide bonds. The van der Waals surface area contributed by atoms with Crippen LogP contribution in [0.2, 0.25) is 0 Å². The topological polar surface area (TPSA) is 92.0 Å². The maximum absolute atomic E-state index is 10.7. The Bertz CT molecular complexity index is 1290. The van der Waals surface area contributed by atoms with Crippen LogP contribution >= 0.6 is 0 Å². The van der Waals surface area contributed by atoms with Crippen molar-refractivity contribution in [1.82, 2.24) is 14.4 Å². The molecule has 0 spiro atoms. The van der Waals surface area contributed by atoms with Crippen LogP contribution in [0.5, 0.6) is 0 Å². The van der Waals surface area contributed by atoms with Gasteiger partial charge in [-0.25, -0.2) is 14.8 Å². The number of nitrogens with one attached hydrogen (secondary N) is 1. The van der Waals surface area contributed by atoms with Crippen LogP contribution in [0.1, 0.15) is 5.56 Å². The average Bonchev–Trinajstić information content (AvgIpc) is 3.33. The van der Waals surface area contributed by atoms with E-state index in [9.17, 15) is 4.79 Å². The zero-order valence-electron chi connectivity index (χ0n) is 17.9. The highest BCUT2D eigenvalue weighted by Gasteiger charge is 2.12. The predicted molar refractivity (Wildman–Crippen MR) is 128 cm³/mol. The standard InChI is InChI=1S/C25H23N5O3/c31-23(32)10-3-18-1-4-19(5-2-18)22-17-30-12-11-26-25(30)24(28-22)27-20-6-8-21(9-7-20)29-13-15-33-16-14-29/h1-12,17H,13-16H2,(H,27,28)(H,31,32)/b10-3+. The lowest BCUT2D eigenvalue weighted by Crippen LogP contribution is -2.36. The van der Waals surface area contributed by atoms with Gasteiger partial charge in [-0.1, -0.05) is 24.3 Å². The second-order valence-corrected chi connectivity index (χ2v) is 7.70. The van der Waals surface area contributed by atoms with E-state index in [1.807, 2.05) is 53.2 Å². The Kier molecular flexibility index (Phi) is 5.73. The van der Waals surface area contributed by atoms with Crippen LogP contribution in [0.15, 0.2) is 73.2 Å². The summed E-state index contributed by atoms with van der Waals surface area (Å²) in [6, 6.07) is 15.9. The van der Waals surface area contributed by atoms with Gasteiger partial charge in [0.1, 0.15) is 0 Å². The number of aliphatic carboxylic acids is 1. The van der Waals surface area contributed by atoms with Crippen molar-refractivity contribution in [3.05, 3.63) is 78.8 Å². The molecule has 0 radical (unpaired) electrons. The normalized spacial score (nSPS) is 14.1. The third-order valence-corrected chi connectivity index (χ3v) is 5.51. The molecule has 5 rings (SSSR count). The van der Waals surface area contributed by atoms with E-state index in [1.165, 1.54) is 5.69 Å². The number of benzene rings is 2. The van der Waals surface area contributed by atoms with E-state index in [0.717, 1.165) is 60.5 Å². The average molecular weight is 441 g/mol. The first-order valence-electron chi connectivity index (χ1n) is 10.7. The summed E-state index contributed by atoms with van der Waals surface area (Å²) >= 11 is 0. The lowest BCUT2D eigenvalue weighted by atomic mass is 10.1. The summed E-state index contributed by atoms with van der Waals surface area (Å²) < 4.78 is 7.37. The molecule has 1 aliphatic heterocycles. The highest BCUT2D eigenvalue weighted by atomic mass is 16.5. The Labute approximate surface area is 190 Å². The summed E-state index contributed by atoms with van der Waals surface area (Å²) in [5.41, 5.74) is 5.34. The molecule has 1 saturated heterocycles. The van der Waals surface area contributed by atoms with Crippen LogP contribution in [0.25, 0.3) is 23.0 Å². The van der Waals surface area contributed by atoms with E-state index in [4.69, 9.17) is 14.8 Å². The molecular weight excluding hydrogens is 418 g/mol. The minimum Gasteiger partial charge on any atom is -0.478 e. The molecule has 2 N–H and O–H groups in total. The molecule has 8 nitrogen and oxygen atoms in total. The molecule has 0 bridgehead atoms. The zero-order valence-corrected chi connectivity index (χ0v) is 17.9. The van der Waals surface area contributed by atoms with Gasteiger partial charge < -0.3 is 24.5 Å². The number of imidazole rings is 1. The molecule has 1 aliphatic rings. The molecule has 3 heterocycles. The second kappa shape index (κ2) is 9.13. The molecule has 0 aliphatic carbocycles. The number of nitrogens with zero attached hydrogens (tertiary/aromatic N) is 4. The maximum atomic E-state index is 10.7. The summed E-state index contributed by atoms with van der Waals surface area (Å²) in [5, 5.41) is 12.2. The first-order valence-corrected chi connectivity index (χ1v) is 10.7. The van der Waals surface area contributed by atoms with Gasteiger partial charge in [0.25, 0.3) is 0 Å². The molecule has 0 atom stereocenters. The summed E-state index contributed by atoms with van der Waals surface area (Å²) in [5.74, 6) is -0.313. The van der Waals surface area contributed by atoms with Crippen molar-refractivity contribution in [3.63, 3.8) is 0 Å². The fourth-order valence-electron chi connectivity index (χ4n) is 3.80. The van der Waals surface area contributed by atoms with Crippen molar-refractivity contribution in [2.75, 3.05) is 36.5 Å². The number of hydrogen-bond acceptors (Lipinski definition) is 6. The van der Waals surface area contributed by atoms with E-state index >= 15 is 0 Å². The van der Waals surface area contributed by atoms with Gasteiger partial charge in [0.15, 0.2) is 11.5 Å². The van der Waals surface area contributed by atoms with E-state index < -0.39 is 5.97 Å². The van der Waals surface area contributed by atoms with Gasteiger partial charge >= 0.3 is 5.97 Å². The molecule has 2 aromatic carbocycles. The van der Waals surface area contributed by atoms with Gasteiger partial charge in [0.05, 0.1) is 18.9 Å². The summed E-state index contributed by atoms with van der Waals surface area (Å²) in [7, 11) is 0. The highest BCUT2D eigenvalue weighted by molar-refractivity contribution is 5.85. The van der Waals surface area contributed by atoms with Gasteiger partial charge in [-0.15, -0.1) is 0 Å². The number of rotatable bonds is 6. The Morgan fingerprint density at radius 3 is 2.55 bits per heavy atom. The lowest BCUT2D eigenvalue weighted by molar-refractivity contribution is -0.131. The number of hydrogen-bond donors (Lipinski definition) is 2. The van der Waals surface area contributed by atoms with Gasteiger partial charge in [0, 0.05) is 54.7 Å². The molecule has 4 aromatic rings. The van der Waals surface area contributed by atoms with E-state index in [1.54, 1.807) is 12.3 Å². The van der Waals surface area contributed by atoms with Gasteiger partial charge in [0.2, 0.25) is 0 Å². The molecule has 166 valence electrons. The quantitative estimate of drug-likeness (QED) is 0.436. The van der Waals surface area contributed by atoms with Crippen molar-refractivity contribution >= 4 is 34.9 Å². The molecule has 8 heteroatoms. The highest BCUT2D eigenvalue weighted by Crippen LogP contribution is 2.26. The van der Waals surface area contributed by atoms with E-state index in [-0.39, 0.29) is 0 Å². The van der Waals surface area contributed by atoms with Crippen LogP contribution in [0.4, 0.5) is 17.2 Å². The number of carboxylic acids is 1. The third kappa shape index (κ3) is 4.70. The predicted octanol–water partition coefficient (Wildman–Crippen LogP) is 4.07. The number of morpholine rings is 1. The third-order valence-electron chi connectivity index (χ3n) is 5.51. The number of anilines is 3. The summed E-state index contributed by atoms with van der Waals surface area (Å²) in [6.07, 6.45) is 8.24. The minimum absolute atomic E-state index is 0.659. The van der Waals surface area contributed by atoms with Crippen LogP contribution < -0.4 is 10.2 Å². The first-order chi connectivity index (χ1) is 16.2. The van der Waals surface area contributed by atoms with Crippen LogP contribution in [-0.2, 0) is 9.53 Å². The molecular formula is C25H23N5O3. The fourth-order valence-corrected chi connectivity index (χ4v) is 3.80. The van der Waals surface area contributed by atoms with E-state index in [0.29, 0.717) is 5.82 Å². The molecule has 33 heavy (non-hydrogen) atoms. The molecule has 0 saturated carbocycles. The molecule has 1 fully saturated rings. The van der Waals surface area contributed by atoms with Gasteiger partial charge in [-0.05, 0) is 35.9 Å². The van der Waals surface area contributed by atoms with Crippen LogP contribution in [0, 0.1) is 0 Å². The van der Waals surface area contributed by atoms with Crippen LogP contribution in [-0.4, -0.2) is 51.7 Å². The Morgan fingerprint density at radius 1 is 1.06 bits per heavy atom. The molecule has 0 unspecified atom stereocenters. The molecule has 2 aromatic heterocycles. The largest absolute Gasteiger partial charge is 0.478 e. The smallest absolute Gasteiger partial charge is 0.328 e. The minimum atomic E-state index is -0.972. The van der Waals surface area contributed by atoms with Crippen molar-refractivity contribution < 1.29 is 14.6 Å². The SMILES string of the molecule is O=C(O)/C=C/c1ccc(-c2cn3ccnc3c(Nc3ccc(N4CCOCC4)cc3)n2)cc1. The monoisotopic (exact) mass is 441 g/mol. The number of carbonyl (C=O) groups is 1. The number of fused-ring (bicyclic) bond motifs is 1. The Balaban J connectivity index is 1.40. The van der Waals surface area contributed by atoms with E-state index in [2.05, 4.69) is 27.3 Å². The number of aromatic nitrogens is 3. The van der Waals surface area contributed by atoms with Crippen LogP contribution in [0.3, 0.4) is 0 Å². The number of ether oxygens (including phenoxy) is 1. The Morgan fingerprint density at radius 2 is 1.82 bits per heavy atom. The maximum Gasteiger partial charge on any atom is 0.328 e. The zero-order chi connectivity index (χ0) is 22.6. The van der Waals surface area contributed by atoms with Crippen molar-refractivity contribution in [1.29, 1.82) is 0 Å². The number of carboxylic acid groups (broad SMARTS) is 1. The summed E-state index contributed by atoms with van der Waals surface area (Å²) in [6.45, 7) is 3.31. The van der Waals surface area contributed by atoms with Gasteiger partial charge in [-0.2, -0.15) is 0 Å². The van der Waals surface area contributed by atoms with Crippen molar-refractivity contribution in [2.45, 2.75) is 0 Å². The lowest BCUT2D eigenvalue weighted by Gasteiger charge is -2.28. The Hall–Kier alpha value is -4.17. The fraction of sp³-hybridized carbons (Fsp3) is 0.160. The first kappa shape index (κ1) is 20.7. The van der Waals surface area contributed by atoms with Gasteiger partial charge in [-0.3, -0.25) is 0 Å². The second-order valence-electron chi connectivity index (χ2n) is 7.70. The van der Waals surface area contributed by atoms with Crippen molar-refractivity contribution in [3.8, 4) is 11.3 Å². The van der Waals surface area contributed by atoms with Crippen molar-refractivity contribution in [2.24, 2.45) is 0 Å².